The second-order valence-electron chi connectivity index (χ2n) is 7.57. The van der Waals surface area contributed by atoms with Crippen LogP contribution in [0.4, 0.5) is 4.39 Å². The summed E-state index contributed by atoms with van der Waals surface area (Å²) in [5, 5.41) is 21.6. The molecule has 1 aliphatic carbocycles. The van der Waals surface area contributed by atoms with Gasteiger partial charge in [-0.2, -0.15) is 5.10 Å². The molecule has 2 heterocycles. The van der Waals surface area contributed by atoms with Crippen LogP contribution in [0.3, 0.4) is 0 Å². The van der Waals surface area contributed by atoms with Gasteiger partial charge in [-0.15, -0.1) is 0 Å². The molecular weight excluding hydrogens is 347 g/mol. The number of H-pyrrole nitrogens is 1. The summed E-state index contributed by atoms with van der Waals surface area (Å²) in [5.74, 6) is -0.563. The molecular formula is C20H25FN4O2. The Morgan fingerprint density at radius 3 is 2.89 bits per heavy atom. The maximum absolute atomic E-state index is 13.1. The molecule has 2 aromatic rings. The van der Waals surface area contributed by atoms with Crippen LogP contribution < -0.4 is 5.32 Å². The van der Waals surface area contributed by atoms with E-state index in [9.17, 15) is 14.3 Å². The van der Waals surface area contributed by atoms with Crippen molar-refractivity contribution in [3.8, 4) is 0 Å². The van der Waals surface area contributed by atoms with Crippen LogP contribution in [0.25, 0.3) is 0 Å². The summed E-state index contributed by atoms with van der Waals surface area (Å²) in [6.07, 6.45) is 4.42. The molecule has 1 amide bonds. The van der Waals surface area contributed by atoms with Gasteiger partial charge >= 0.3 is 0 Å². The predicted molar refractivity (Wildman–Crippen MR) is 98.3 cm³/mol. The van der Waals surface area contributed by atoms with Crippen molar-refractivity contribution in [1.29, 1.82) is 0 Å². The number of aromatic nitrogens is 2. The van der Waals surface area contributed by atoms with Crippen molar-refractivity contribution in [2.24, 2.45) is 0 Å². The molecule has 4 rings (SSSR count). The van der Waals surface area contributed by atoms with Crippen LogP contribution in [0.5, 0.6) is 0 Å². The van der Waals surface area contributed by atoms with Gasteiger partial charge in [0.1, 0.15) is 5.82 Å². The van der Waals surface area contributed by atoms with E-state index in [4.69, 9.17) is 0 Å². The first-order valence-electron chi connectivity index (χ1n) is 9.57. The number of fused-ring (bicyclic) bond motifs is 1. The molecule has 2 aliphatic rings. The van der Waals surface area contributed by atoms with Crippen LogP contribution in [-0.4, -0.2) is 44.8 Å². The lowest BCUT2D eigenvalue weighted by Gasteiger charge is -2.38. The first-order valence-corrected chi connectivity index (χ1v) is 9.57. The van der Waals surface area contributed by atoms with Crippen molar-refractivity contribution in [2.45, 2.75) is 50.8 Å². The summed E-state index contributed by atoms with van der Waals surface area (Å²) in [7, 11) is 0. The van der Waals surface area contributed by atoms with Crippen molar-refractivity contribution < 1.29 is 14.3 Å². The third-order valence-electron chi connectivity index (χ3n) is 5.59. The van der Waals surface area contributed by atoms with E-state index in [0.29, 0.717) is 26.1 Å². The summed E-state index contributed by atoms with van der Waals surface area (Å²) in [6, 6.07) is 6.12. The number of hydrogen-bond acceptors (Lipinski definition) is 4. The molecule has 1 fully saturated rings. The smallest absolute Gasteiger partial charge is 0.256 e. The largest absolute Gasteiger partial charge is 0.379 e. The Balaban J connectivity index is 1.36. The first kappa shape index (κ1) is 18.1. The highest BCUT2D eigenvalue weighted by atomic mass is 19.1. The molecule has 0 saturated carbocycles. The molecule has 1 saturated heterocycles. The second-order valence-corrected chi connectivity index (χ2v) is 7.57. The summed E-state index contributed by atoms with van der Waals surface area (Å²) in [5.41, 5.74) is 2.93. The van der Waals surface area contributed by atoms with E-state index in [2.05, 4.69) is 15.5 Å². The number of amides is 1. The van der Waals surface area contributed by atoms with Crippen LogP contribution in [-0.2, 0) is 30.7 Å². The Morgan fingerprint density at radius 1 is 1.26 bits per heavy atom. The molecule has 0 radical (unpaired) electrons. The molecule has 6 nitrogen and oxygen atoms in total. The third-order valence-corrected chi connectivity index (χ3v) is 5.59. The van der Waals surface area contributed by atoms with Crippen molar-refractivity contribution in [2.75, 3.05) is 13.1 Å². The minimum atomic E-state index is -1.40. The van der Waals surface area contributed by atoms with Crippen LogP contribution in [0.2, 0.25) is 0 Å². The van der Waals surface area contributed by atoms with E-state index in [1.807, 2.05) is 0 Å². The topological polar surface area (TPSA) is 81.2 Å². The predicted octanol–water partition coefficient (Wildman–Crippen LogP) is 1.68. The number of piperidine rings is 1. The molecule has 7 heteroatoms. The number of aliphatic hydroxyl groups is 1. The number of likely N-dealkylation sites (tertiary alicyclic amines) is 1. The molecule has 3 N–H and O–H groups in total. The Bertz CT molecular complexity index is 820. The molecule has 0 spiro atoms. The fourth-order valence-electron chi connectivity index (χ4n) is 4.11. The van der Waals surface area contributed by atoms with Gasteiger partial charge in [0.15, 0.2) is 5.60 Å². The van der Waals surface area contributed by atoms with Crippen molar-refractivity contribution in [1.82, 2.24) is 20.4 Å². The molecule has 27 heavy (non-hydrogen) atoms. The van der Waals surface area contributed by atoms with Crippen LogP contribution in [0, 0.1) is 5.82 Å². The Labute approximate surface area is 157 Å². The standard InChI is InChI=1S/C20H25FN4O2/c21-15-7-5-14(6-8-15)12-25-10-2-9-20(27,19(25)26)13-22-11-18-16-3-1-4-17(16)23-24-18/h5-8,22,27H,1-4,9-13H2,(H,23,24). The second kappa shape index (κ2) is 7.40. The van der Waals surface area contributed by atoms with E-state index in [1.165, 1.54) is 23.4 Å². The monoisotopic (exact) mass is 372 g/mol. The Kier molecular flexibility index (Phi) is 4.97. The van der Waals surface area contributed by atoms with E-state index >= 15 is 0 Å². The minimum absolute atomic E-state index is 0.202. The molecule has 1 aliphatic heterocycles. The third kappa shape index (κ3) is 3.75. The Hall–Kier alpha value is -2.25. The lowest BCUT2D eigenvalue weighted by molar-refractivity contribution is -0.157. The zero-order valence-electron chi connectivity index (χ0n) is 15.3. The minimum Gasteiger partial charge on any atom is -0.379 e. The highest BCUT2D eigenvalue weighted by Gasteiger charge is 2.41. The highest BCUT2D eigenvalue weighted by molar-refractivity contribution is 5.86. The van der Waals surface area contributed by atoms with Crippen molar-refractivity contribution in [3.05, 3.63) is 52.6 Å². The first-order chi connectivity index (χ1) is 13.0. The fraction of sp³-hybridized carbons (Fsp3) is 0.500. The lowest BCUT2D eigenvalue weighted by Crippen LogP contribution is -2.57. The number of nitrogens with one attached hydrogen (secondary N) is 2. The number of carbonyl (C=O) groups is 1. The number of halogens is 1. The van der Waals surface area contributed by atoms with Crippen molar-refractivity contribution in [3.63, 3.8) is 0 Å². The molecule has 1 aromatic heterocycles. The van der Waals surface area contributed by atoms with Gasteiger partial charge in [0.25, 0.3) is 5.91 Å². The molecule has 1 unspecified atom stereocenters. The van der Waals surface area contributed by atoms with Crippen LogP contribution in [0.1, 0.15) is 41.8 Å². The van der Waals surface area contributed by atoms with Gasteiger partial charge in [0.2, 0.25) is 0 Å². The molecule has 144 valence electrons. The number of rotatable bonds is 6. The maximum atomic E-state index is 13.1. The average Bonchev–Trinajstić information content (AvgIpc) is 3.26. The van der Waals surface area contributed by atoms with Gasteiger partial charge in [-0.3, -0.25) is 9.89 Å². The summed E-state index contributed by atoms with van der Waals surface area (Å²) < 4.78 is 13.1. The highest BCUT2D eigenvalue weighted by Crippen LogP contribution is 2.25. The van der Waals surface area contributed by atoms with Gasteiger partial charge < -0.3 is 15.3 Å². The SMILES string of the molecule is O=C1N(Cc2ccc(F)cc2)CCCC1(O)CNCc1n[nH]c2c1CCC2. The number of aromatic amines is 1. The van der Waals surface area contributed by atoms with Crippen LogP contribution >= 0.6 is 0 Å². The number of nitrogens with zero attached hydrogens (tertiary/aromatic N) is 2. The number of carbonyl (C=O) groups excluding carboxylic acids is 1. The summed E-state index contributed by atoms with van der Waals surface area (Å²) in [6.45, 7) is 1.73. The van der Waals surface area contributed by atoms with Crippen LogP contribution in [0.15, 0.2) is 24.3 Å². The van der Waals surface area contributed by atoms with Gasteiger partial charge in [-0.25, -0.2) is 4.39 Å². The molecule has 1 aromatic carbocycles. The average molecular weight is 372 g/mol. The number of benzene rings is 1. The van der Waals surface area contributed by atoms with Gasteiger partial charge in [0.05, 0.1) is 5.69 Å². The number of hydrogen-bond donors (Lipinski definition) is 3. The zero-order valence-corrected chi connectivity index (χ0v) is 15.3. The summed E-state index contributed by atoms with van der Waals surface area (Å²) in [4.78, 5) is 14.5. The maximum Gasteiger partial charge on any atom is 0.256 e. The fourth-order valence-corrected chi connectivity index (χ4v) is 4.11. The molecule has 0 bridgehead atoms. The van der Waals surface area contributed by atoms with E-state index in [0.717, 1.165) is 36.9 Å². The van der Waals surface area contributed by atoms with E-state index in [-0.39, 0.29) is 18.3 Å². The zero-order chi connectivity index (χ0) is 18.9. The quantitative estimate of drug-likeness (QED) is 0.721. The van der Waals surface area contributed by atoms with Gasteiger partial charge in [-0.05, 0) is 55.4 Å². The van der Waals surface area contributed by atoms with E-state index in [1.54, 1.807) is 17.0 Å². The normalized spacial score (nSPS) is 22.3. The summed E-state index contributed by atoms with van der Waals surface area (Å²) >= 11 is 0. The lowest BCUT2D eigenvalue weighted by atomic mass is 9.91. The van der Waals surface area contributed by atoms with Gasteiger partial charge in [-0.1, -0.05) is 12.1 Å². The van der Waals surface area contributed by atoms with Crippen molar-refractivity contribution >= 4 is 5.91 Å². The van der Waals surface area contributed by atoms with Gasteiger partial charge in [0, 0.05) is 31.9 Å². The number of aryl methyl sites for hydroxylation is 1. The van der Waals surface area contributed by atoms with E-state index < -0.39 is 5.60 Å². The Morgan fingerprint density at radius 2 is 2.07 bits per heavy atom. The molecule has 1 atom stereocenters.